The van der Waals surface area contributed by atoms with Crippen LogP contribution in [0.4, 0.5) is 4.11 Å². The normalized spacial score (nSPS) is 27.0. The summed E-state index contributed by atoms with van der Waals surface area (Å²) in [5, 5.41) is 9.98. The number of aliphatic hydroxyl groups is 1. The number of nitrogens with zero attached hydrogens (tertiary/aromatic N) is 1. The second kappa shape index (κ2) is 10.8. The molecule has 1 amide bonds. The van der Waals surface area contributed by atoms with Crippen molar-refractivity contribution in [3.05, 3.63) is 68.8 Å². The van der Waals surface area contributed by atoms with E-state index in [4.69, 9.17) is 4.74 Å². The molecule has 2 heterocycles. The maximum atomic E-state index is 15.5. The number of benzene rings is 2. The van der Waals surface area contributed by atoms with E-state index in [0.717, 1.165) is 18.4 Å². The molecule has 4 nitrogen and oxygen atoms in total. The maximum Gasteiger partial charge on any atom is 0.246 e. The number of aliphatic hydroxyl groups excluding tert-OH is 1. The summed E-state index contributed by atoms with van der Waals surface area (Å²) in [5.41, 5.74) is 3.33. The lowest BCUT2D eigenvalue weighted by Gasteiger charge is -2.37. The van der Waals surface area contributed by atoms with E-state index in [-0.39, 0.29) is 42.5 Å². The third-order valence-corrected chi connectivity index (χ3v) is 10.8. The van der Waals surface area contributed by atoms with Crippen LogP contribution in [-0.2, 0) is 28.9 Å². The molecule has 1 fully saturated rings. The molecule has 2 aliphatic heterocycles. The molecule has 2 aliphatic rings. The number of rotatable bonds is 7. The van der Waals surface area contributed by atoms with Crippen molar-refractivity contribution in [2.24, 2.45) is 5.92 Å². The smallest absolute Gasteiger partial charge is 0.246 e. The average molecular weight is 596 g/mol. The van der Waals surface area contributed by atoms with Gasteiger partial charge in [-0.25, -0.2) is 0 Å². The highest BCUT2D eigenvalue weighted by atomic mass is 127. The van der Waals surface area contributed by atoms with Crippen molar-refractivity contribution in [3.63, 3.8) is 0 Å². The number of ether oxygens (including phenoxy) is 1. The molecule has 4 rings (SSSR count). The summed E-state index contributed by atoms with van der Waals surface area (Å²) in [6, 6.07) is 16.3. The zero-order valence-electron chi connectivity index (χ0n) is 20.2. The van der Waals surface area contributed by atoms with Gasteiger partial charge in [0.15, 0.2) is 0 Å². The summed E-state index contributed by atoms with van der Waals surface area (Å²) in [5.74, 6) is 0.0244. The minimum Gasteiger partial charge on any atom is -0.394 e. The molecule has 2 aromatic carbocycles. The number of amides is 1. The molecule has 1 N–H and O–H groups in total. The van der Waals surface area contributed by atoms with E-state index in [9.17, 15) is 9.90 Å². The zero-order valence-corrected chi connectivity index (χ0v) is 23.4. The molecular formula is C27H35FINO3Si. The third kappa shape index (κ3) is 5.74. The van der Waals surface area contributed by atoms with Crippen molar-refractivity contribution in [2.75, 3.05) is 6.61 Å². The number of carbonyl (C=O) groups excluding carboxylic acids is 1. The van der Waals surface area contributed by atoms with Gasteiger partial charge in [-0.3, -0.25) is 4.79 Å². The van der Waals surface area contributed by atoms with Crippen LogP contribution in [0, 0.1) is 9.49 Å². The van der Waals surface area contributed by atoms with Crippen LogP contribution in [0.1, 0.15) is 36.5 Å². The number of fused-ring (bicyclic) bond motifs is 1. The van der Waals surface area contributed by atoms with Gasteiger partial charge >= 0.3 is 0 Å². The Morgan fingerprint density at radius 2 is 1.82 bits per heavy atom. The van der Waals surface area contributed by atoms with Gasteiger partial charge in [0.1, 0.15) is 0 Å². The third-order valence-electron chi connectivity index (χ3n) is 7.59. The Hall–Kier alpha value is -1.29. The van der Waals surface area contributed by atoms with E-state index in [1.807, 2.05) is 18.2 Å². The molecular weight excluding hydrogens is 560 g/mol. The van der Waals surface area contributed by atoms with Gasteiger partial charge in [-0.1, -0.05) is 43.3 Å². The summed E-state index contributed by atoms with van der Waals surface area (Å²) in [6.45, 7) is 5.98. The molecule has 0 aliphatic carbocycles. The second-order valence-corrected chi connectivity index (χ2v) is 15.4. The molecule has 0 saturated carbocycles. The molecule has 2 aromatic rings. The summed E-state index contributed by atoms with van der Waals surface area (Å²) in [4.78, 5) is 15.2. The summed E-state index contributed by atoms with van der Waals surface area (Å²) in [7, 11) is -3.05. The zero-order chi connectivity index (χ0) is 24.5. The summed E-state index contributed by atoms with van der Waals surface area (Å²) < 4.78 is 23.1. The van der Waals surface area contributed by atoms with Crippen molar-refractivity contribution in [1.82, 2.24) is 4.90 Å². The molecule has 0 radical (unpaired) electrons. The van der Waals surface area contributed by atoms with Crippen LogP contribution in [0.2, 0.25) is 18.6 Å². The van der Waals surface area contributed by atoms with E-state index >= 15 is 4.11 Å². The average Bonchev–Trinajstić information content (AvgIpc) is 3.12. The van der Waals surface area contributed by atoms with Gasteiger partial charge in [-0.15, -0.1) is 0 Å². The summed E-state index contributed by atoms with van der Waals surface area (Å²) >= 11 is 2.30. The SMILES string of the molecule is C[C@@H]1[C@@H]([Si](C)(C)F)[C@H](CC(=O)N2Cc3ccccc3C[C@H]2CO)O[C@@H]1CCc1ccc(I)cc1. The van der Waals surface area contributed by atoms with Gasteiger partial charge < -0.3 is 18.9 Å². The molecule has 1 saturated heterocycles. The van der Waals surface area contributed by atoms with Crippen molar-refractivity contribution < 1.29 is 18.7 Å². The van der Waals surface area contributed by atoms with Crippen molar-refractivity contribution in [3.8, 4) is 0 Å². The first-order valence-electron chi connectivity index (χ1n) is 12.2. The molecule has 0 unspecified atom stereocenters. The highest BCUT2D eigenvalue weighted by Crippen LogP contribution is 2.47. The predicted molar refractivity (Wildman–Crippen MR) is 144 cm³/mol. The Morgan fingerprint density at radius 3 is 2.47 bits per heavy atom. The van der Waals surface area contributed by atoms with Gasteiger partial charge in [0, 0.05) is 15.7 Å². The molecule has 0 aromatic heterocycles. The Bertz CT molecular complexity index is 996. The van der Waals surface area contributed by atoms with E-state index < -0.39 is 14.5 Å². The van der Waals surface area contributed by atoms with Gasteiger partial charge in [-0.05, 0) is 89.7 Å². The van der Waals surface area contributed by atoms with Crippen molar-refractivity contribution >= 4 is 36.9 Å². The number of hydrogen-bond acceptors (Lipinski definition) is 3. The van der Waals surface area contributed by atoms with Crippen LogP contribution >= 0.6 is 22.6 Å². The molecule has 5 atom stereocenters. The first-order valence-corrected chi connectivity index (χ1v) is 16.3. The van der Waals surface area contributed by atoms with Crippen LogP contribution in [0.25, 0.3) is 0 Å². The fourth-order valence-corrected chi connectivity index (χ4v) is 8.77. The quantitative estimate of drug-likeness (QED) is 0.261. The predicted octanol–water partition coefficient (Wildman–Crippen LogP) is 5.51. The van der Waals surface area contributed by atoms with Crippen molar-refractivity contribution in [1.29, 1.82) is 0 Å². The summed E-state index contributed by atoms with van der Waals surface area (Å²) in [6.07, 6.45) is 2.06. The van der Waals surface area contributed by atoms with Gasteiger partial charge in [0.05, 0.1) is 31.3 Å². The highest BCUT2D eigenvalue weighted by Gasteiger charge is 2.52. The Morgan fingerprint density at radius 1 is 1.15 bits per heavy atom. The fourth-order valence-electron chi connectivity index (χ4n) is 5.87. The molecule has 0 spiro atoms. The lowest BCUT2D eigenvalue weighted by molar-refractivity contribution is -0.138. The topological polar surface area (TPSA) is 49.8 Å². The lowest BCUT2D eigenvalue weighted by atomic mass is 9.93. The van der Waals surface area contributed by atoms with Crippen LogP contribution in [-0.4, -0.2) is 49.2 Å². The number of halogens is 2. The van der Waals surface area contributed by atoms with Crippen LogP contribution in [0.5, 0.6) is 0 Å². The van der Waals surface area contributed by atoms with E-state index in [1.165, 1.54) is 14.7 Å². The van der Waals surface area contributed by atoms with E-state index in [1.54, 1.807) is 18.0 Å². The minimum atomic E-state index is -3.05. The second-order valence-electron chi connectivity index (χ2n) is 10.4. The van der Waals surface area contributed by atoms with Crippen LogP contribution in [0.3, 0.4) is 0 Å². The minimum absolute atomic E-state index is 0.0488. The van der Waals surface area contributed by atoms with Crippen LogP contribution in [0.15, 0.2) is 48.5 Å². The highest BCUT2D eigenvalue weighted by molar-refractivity contribution is 14.1. The molecule has 184 valence electrons. The number of carbonyl (C=O) groups is 1. The standard InChI is InChI=1S/C27H35FINO3Si/c1-18-24(13-10-19-8-11-22(29)12-9-19)33-25(27(18)34(2,3)28)15-26(32)30-16-21-7-5-4-6-20(21)14-23(30)17-31/h4-9,11-12,18,23-25,27,31H,10,13-17H2,1-3H3/t18-,23-,24+,25-,27+/m0/s1. The van der Waals surface area contributed by atoms with Gasteiger partial charge in [-0.2, -0.15) is 0 Å². The van der Waals surface area contributed by atoms with Crippen molar-refractivity contribution in [2.45, 2.75) is 76.0 Å². The molecule has 34 heavy (non-hydrogen) atoms. The Kier molecular flexibility index (Phi) is 8.16. The van der Waals surface area contributed by atoms with Crippen LogP contribution < -0.4 is 0 Å². The first-order chi connectivity index (χ1) is 16.2. The van der Waals surface area contributed by atoms with Gasteiger partial charge in [0.25, 0.3) is 0 Å². The van der Waals surface area contributed by atoms with Gasteiger partial charge in [0.2, 0.25) is 14.3 Å². The number of aryl methyl sites for hydroxylation is 1. The largest absolute Gasteiger partial charge is 0.394 e. The lowest BCUT2D eigenvalue weighted by Crippen LogP contribution is -2.48. The van der Waals surface area contributed by atoms with E-state index in [2.05, 4.69) is 59.8 Å². The fraction of sp³-hybridized carbons (Fsp3) is 0.519. The molecule has 0 bridgehead atoms. The Balaban J connectivity index is 1.46. The first kappa shape index (κ1) is 25.8. The number of hydrogen-bond donors (Lipinski definition) is 1. The Labute approximate surface area is 217 Å². The maximum absolute atomic E-state index is 15.5. The molecule has 7 heteroatoms. The monoisotopic (exact) mass is 595 g/mol. The van der Waals surface area contributed by atoms with E-state index in [0.29, 0.717) is 13.0 Å².